The number of esters is 1. The first-order chi connectivity index (χ1) is 64.6. The lowest BCUT2D eigenvalue weighted by Crippen LogP contribution is -2.64. The van der Waals surface area contributed by atoms with Crippen molar-refractivity contribution < 1.29 is 79.4 Å². The van der Waals surface area contributed by atoms with Crippen LogP contribution in [0.5, 0.6) is 5.75 Å². The Morgan fingerprint density at radius 1 is 0.431 bits per heavy atom. The van der Waals surface area contributed by atoms with E-state index in [-0.39, 0.29) is 166 Å². The lowest BCUT2D eigenvalue weighted by molar-refractivity contribution is -0.147. The maximum atomic E-state index is 13.3. The fourth-order valence-electron chi connectivity index (χ4n) is 23.2. The number of carbonyl (C=O) groups is 8. The second-order valence-electron chi connectivity index (χ2n) is 42.3. The standard InChI is InChI=1S/C22H32F2N2O3.C22H28N2O3.C21H34F2N2O3S.C21H30N2O3S.C18H27N3O3S/c1-14(2)22(15(3)4)12-9-17-5-6-18(19(27)26(17)22)25-20(28)29-13-16-7-10-21(23,24)11-8-16;1-15(2)22(16(3)4)13-12-17-10-11-19(21(26)24(17)22)23-14-20(25)27-18-8-6-5-7-9-18;1-13(2)21(14(3)4)12-29-17-6-5-16(18(26)25(17)21)24-19(27)28-11-15-7-9-20(22,23)10-8-15;1-14(2)21(15(3)4)13-27-18-11-10-17(19(24)23(18)21)22-20(25)26-12-16-8-6-5-7-9-16;1-10(2)18(11(3)4)9-25-15-7-6-13(17(23)21(15)18)19-16(22)14-8-12(5)24-20-14/h5-6,14-16H,7-13H2,1-4H3,(H,25,28);5-11,15-16,23H,12-14H2,1-4H3;13-17H,5-12H2,1-4H3,(H,24,27);5-9,14-15,17-18H,10-13H2,1-4H3,(H,22,25);8,10-11,13,15H,6-7,9H2,1-5H3,(H,19,22). The largest absolute Gasteiger partial charge is 0.449 e. The van der Waals surface area contributed by atoms with E-state index in [2.05, 4.69) is 180 Å². The molecule has 0 spiro atoms. The monoisotopic (exact) mass is 1970 g/mol. The molecule has 5 aromatic rings. The van der Waals surface area contributed by atoms with E-state index in [1.54, 1.807) is 49.4 Å². The predicted molar refractivity (Wildman–Crippen MR) is 531 cm³/mol. The molecule has 3 aromatic heterocycles. The Bertz CT molecular complexity index is 5040. The summed E-state index contributed by atoms with van der Waals surface area (Å²) in [5, 5.41) is 18.3. The van der Waals surface area contributed by atoms with Crippen LogP contribution in [0.15, 0.2) is 105 Å². The van der Waals surface area contributed by atoms with Gasteiger partial charge in [0.15, 0.2) is 5.69 Å². The molecule has 0 bridgehead atoms. The summed E-state index contributed by atoms with van der Waals surface area (Å²) in [6, 6.07) is 25.8. The Morgan fingerprint density at radius 2 is 0.788 bits per heavy atom. The Labute approximate surface area is 819 Å². The van der Waals surface area contributed by atoms with E-state index in [4.69, 9.17) is 23.5 Å². The van der Waals surface area contributed by atoms with Gasteiger partial charge < -0.3 is 68.6 Å². The molecule has 33 heteroatoms. The molecule has 7 amide bonds. The van der Waals surface area contributed by atoms with Gasteiger partial charge in [0.25, 0.3) is 17.0 Å². The highest BCUT2D eigenvalue weighted by molar-refractivity contribution is 8.00. The summed E-state index contributed by atoms with van der Waals surface area (Å²) in [4.78, 5) is 134. The number of amides is 7. The van der Waals surface area contributed by atoms with Crippen LogP contribution < -0.4 is 42.4 Å². The number of para-hydroxylation sites is 1. The molecular formula is C104H151F4N11O15S3. The summed E-state index contributed by atoms with van der Waals surface area (Å²) in [5.74, 6) is 1.23. The third-order valence-electron chi connectivity index (χ3n) is 31.3. The summed E-state index contributed by atoms with van der Waals surface area (Å²) < 4.78 is 82.9. The smallest absolute Gasteiger partial charge is 0.411 e. The molecule has 11 heterocycles. The molecule has 0 radical (unpaired) electrons. The van der Waals surface area contributed by atoms with Gasteiger partial charge in [0, 0.05) is 60.4 Å². The first kappa shape index (κ1) is 109. The number of thioether (sulfide) groups is 3. The van der Waals surface area contributed by atoms with Gasteiger partial charge >= 0.3 is 24.2 Å². The minimum Gasteiger partial charge on any atom is -0.449 e. The van der Waals surface area contributed by atoms with Crippen LogP contribution in [0, 0.1) is 77.9 Å². The zero-order valence-corrected chi connectivity index (χ0v) is 86.7. The number of aromatic nitrogens is 3. The number of hydrogen-bond acceptors (Lipinski definition) is 20. The van der Waals surface area contributed by atoms with Gasteiger partial charge in [0.05, 0.1) is 57.0 Å². The molecule has 137 heavy (non-hydrogen) atoms. The van der Waals surface area contributed by atoms with E-state index in [0.29, 0.717) is 109 Å². The van der Waals surface area contributed by atoms with Gasteiger partial charge in [-0.3, -0.25) is 34.1 Å². The van der Waals surface area contributed by atoms with Gasteiger partial charge in [-0.05, 0) is 210 Å². The number of pyridine rings is 2. The van der Waals surface area contributed by atoms with E-state index in [1.165, 1.54) is 0 Å². The number of benzene rings is 2. The zero-order valence-electron chi connectivity index (χ0n) is 84.3. The zero-order chi connectivity index (χ0) is 100. The topological polar surface area (TPSA) is 313 Å². The van der Waals surface area contributed by atoms with Crippen LogP contribution in [0.2, 0.25) is 0 Å². The third kappa shape index (κ3) is 23.9. The lowest BCUT2D eigenvalue weighted by Gasteiger charge is -2.49. The molecule has 6 saturated heterocycles. The van der Waals surface area contributed by atoms with Crippen molar-refractivity contribution in [1.82, 2.24) is 44.9 Å². The number of alkyl carbamates (subject to hydrolysis) is 2. The normalized spacial score (nSPS) is 23.0. The molecule has 2 aromatic carbocycles. The Morgan fingerprint density at radius 3 is 1.17 bits per heavy atom. The molecule has 5 N–H and O–H groups in total. The van der Waals surface area contributed by atoms with Crippen molar-refractivity contribution in [2.75, 3.05) is 47.7 Å². The SMILES string of the molecule is CC(C)C1(C(C)C)CCc2ccc(NC(=O)OCC3CCC(F)(F)CC3)c(=O)n21.CC(C)C1(C(C)C)CCc2ccc(NCC(=O)Oc3ccccc3)c(=O)n21.CC(C)C1(C(C)C)CSC2CCC(NC(=O)OCC3CCC(F)(F)CC3)C(=O)N21.CC(C)C1(C(C)C)CSC2CCC(NC(=O)OCc3ccccc3)C(=O)N21.Cc1cc(C(=O)NC2CCC3SCC(C(C)C)(C(C)C)N3C2=O)no1. The number of rotatable bonds is 25. The molecule has 2 aliphatic carbocycles. The summed E-state index contributed by atoms with van der Waals surface area (Å²) in [6.07, 6.45) is 7.12. The number of hydrogen-bond donors (Lipinski definition) is 5. The van der Waals surface area contributed by atoms with Gasteiger partial charge in [-0.2, -0.15) is 0 Å². The summed E-state index contributed by atoms with van der Waals surface area (Å²) in [6.45, 7) is 45.5. The second kappa shape index (κ2) is 45.9. The lowest BCUT2D eigenvalue weighted by atomic mass is 9.75. The quantitative estimate of drug-likeness (QED) is 0.0157. The fourth-order valence-corrected chi connectivity index (χ4v) is 29.3. The molecule has 8 aliphatic heterocycles. The van der Waals surface area contributed by atoms with Crippen LogP contribution in [-0.2, 0) is 63.9 Å². The molecule has 6 unspecified atom stereocenters. The minimum atomic E-state index is -2.60. The Hall–Kier alpha value is -8.72. The third-order valence-corrected chi connectivity index (χ3v) is 35.7. The Kier molecular flexibility index (Phi) is 36.4. The van der Waals surface area contributed by atoms with Crippen LogP contribution in [0.25, 0.3) is 0 Å². The molecule has 8 fully saturated rings. The van der Waals surface area contributed by atoms with Crippen LogP contribution in [-0.4, -0.2) is 177 Å². The number of carbonyl (C=O) groups excluding carboxylic acids is 8. The number of alkyl halides is 4. The molecule has 26 nitrogen and oxygen atoms in total. The van der Waals surface area contributed by atoms with Crippen molar-refractivity contribution in [3.05, 3.63) is 140 Å². The average Bonchev–Trinajstić information content (AvgIpc) is 1.53. The maximum absolute atomic E-state index is 13.3. The number of ether oxygens (including phenoxy) is 4. The highest BCUT2D eigenvalue weighted by Crippen LogP contribution is 2.54. The van der Waals surface area contributed by atoms with Crippen molar-refractivity contribution in [1.29, 1.82) is 0 Å². The van der Waals surface area contributed by atoms with E-state index in [0.717, 1.165) is 79.2 Å². The maximum Gasteiger partial charge on any atom is 0.411 e. The highest BCUT2D eigenvalue weighted by Gasteiger charge is 2.60. The summed E-state index contributed by atoms with van der Waals surface area (Å²) in [7, 11) is 0. The predicted octanol–water partition coefficient (Wildman–Crippen LogP) is 20.5. The van der Waals surface area contributed by atoms with Crippen LogP contribution in [0.1, 0.15) is 274 Å². The second-order valence-corrected chi connectivity index (χ2v) is 45.8. The number of piperidine rings is 3. The summed E-state index contributed by atoms with van der Waals surface area (Å²) in [5.41, 5.74) is 2.61. The molecule has 15 rings (SSSR count). The van der Waals surface area contributed by atoms with Gasteiger partial charge in [-0.1, -0.05) is 192 Å². The summed E-state index contributed by atoms with van der Waals surface area (Å²) >= 11 is 5.61. The fraction of sp³-hybridized carbons (Fsp3) is 0.683. The van der Waals surface area contributed by atoms with Crippen molar-refractivity contribution in [3.8, 4) is 5.75 Å². The number of halogens is 4. The highest BCUT2D eigenvalue weighted by atomic mass is 32.2. The molecular weight excluding hydrogens is 1820 g/mol. The number of anilines is 2. The van der Waals surface area contributed by atoms with E-state index in [9.17, 15) is 65.5 Å². The molecule has 2 saturated carbocycles. The molecule has 10 aliphatic rings. The van der Waals surface area contributed by atoms with Gasteiger partial charge in [0.2, 0.25) is 29.6 Å². The van der Waals surface area contributed by atoms with E-state index < -0.39 is 54.2 Å². The van der Waals surface area contributed by atoms with Crippen molar-refractivity contribution in [2.45, 2.75) is 341 Å². The number of nitrogens with one attached hydrogen (secondary N) is 5. The van der Waals surface area contributed by atoms with E-state index in [1.807, 2.05) is 97.9 Å². The van der Waals surface area contributed by atoms with Crippen LogP contribution in [0.4, 0.5) is 43.3 Å². The van der Waals surface area contributed by atoms with Crippen molar-refractivity contribution in [3.63, 3.8) is 0 Å². The van der Waals surface area contributed by atoms with Gasteiger partial charge in [0.1, 0.15) is 54.2 Å². The number of fused-ring (bicyclic) bond motifs is 5. The number of aryl methyl sites for hydroxylation is 3. The van der Waals surface area contributed by atoms with Crippen molar-refractivity contribution >= 4 is 94.5 Å². The molecule has 758 valence electrons. The van der Waals surface area contributed by atoms with Gasteiger partial charge in [-0.25, -0.2) is 36.7 Å². The first-order valence-electron chi connectivity index (χ1n) is 49.8. The van der Waals surface area contributed by atoms with Gasteiger partial charge in [-0.15, -0.1) is 35.3 Å². The first-order valence-corrected chi connectivity index (χ1v) is 53.0. The average molecular weight is 1970 g/mol. The van der Waals surface area contributed by atoms with E-state index >= 15 is 0 Å². The minimum absolute atomic E-state index is 0.0251. The number of nitrogens with zero attached hydrogens (tertiary/aromatic N) is 6. The van der Waals surface area contributed by atoms with Crippen LogP contribution in [0.3, 0.4) is 0 Å². The van der Waals surface area contributed by atoms with Crippen LogP contribution >= 0.6 is 35.3 Å². The Balaban J connectivity index is 0.000000164. The van der Waals surface area contributed by atoms with Crippen molar-refractivity contribution in [2.24, 2.45) is 71.0 Å². The molecule has 6 atom stereocenters.